The maximum Gasteiger partial charge on any atom is 0.311 e. The summed E-state index contributed by atoms with van der Waals surface area (Å²) in [6.07, 6.45) is 0.243. The molecule has 2 aliphatic rings. The molecule has 10 heavy (non-hydrogen) atoms. The maximum absolute atomic E-state index is 10.6. The summed E-state index contributed by atoms with van der Waals surface area (Å²) in [7, 11) is 0. The van der Waals surface area contributed by atoms with Crippen LogP contribution in [0.2, 0.25) is 0 Å². The fourth-order valence-corrected chi connectivity index (χ4v) is 1.19. The van der Waals surface area contributed by atoms with Gasteiger partial charge in [-0.25, -0.2) is 0 Å². The van der Waals surface area contributed by atoms with Gasteiger partial charge < -0.3 is 14.2 Å². The fourth-order valence-electron chi connectivity index (χ4n) is 1.19. The second kappa shape index (κ2) is 1.93. The third-order valence-corrected chi connectivity index (χ3v) is 1.68. The van der Waals surface area contributed by atoms with Crippen LogP contribution in [0.15, 0.2) is 0 Å². The molecule has 2 heterocycles. The van der Waals surface area contributed by atoms with E-state index in [9.17, 15) is 4.79 Å². The van der Waals surface area contributed by atoms with Gasteiger partial charge in [0.2, 0.25) is 5.79 Å². The van der Waals surface area contributed by atoms with Gasteiger partial charge in [-0.15, -0.1) is 0 Å². The van der Waals surface area contributed by atoms with Gasteiger partial charge in [0.1, 0.15) is 13.0 Å². The smallest absolute Gasteiger partial charge is 0.311 e. The number of carbonyl (C=O) groups excluding carboxylic acids is 1. The summed E-state index contributed by atoms with van der Waals surface area (Å²) < 4.78 is 15.1. The molecule has 0 atom stereocenters. The second-order valence-corrected chi connectivity index (χ2v) is 2.45. The summed E-state index contributed by atoms with van der Waals surface area (Å²) in [5.41, 5.74) is 0. The van der Waals surface area contributed by atoms with Crippen LogP contribution in [-0.4, -0.2) is 31.6 Å². The summed E-state index contributed by atoms with van der Waals surface area (Å²) in [5, 5.41) is 0. The van der Waals surface area contributed by atoms with Crippen LogP contribution in [0.4, 0.5) is 0 Å². The standard InChI is InChI=1S/C6H8O4/c7-5-3-6(4-8-5)9-1-2-10-6/h1-4H2. The molecule has 0 N–H and O–H groups in total. The summed E-state index contributed by atoms with van der Waals surface area (Å²) >= 11 is 0. The topological polar surface area (TPSA) is 44.8 Å². The molecule has 0 aromatic rings. The quantitative estimate of drug-likeness (QED) is 0.437. The Morgan fingerprint density at radius 2 is 2.00 bits per heavy atom. The van der Waals surface area contributed by atoms with Gasteiger partial charge in [0.25, 0.3) is 0 Å². The number of carbonyl (C=O) groups is 1. The number of cyclic esters (lactones) is 1. The molecule has 2 fully saturated rings. The normalized spacial score (nSPS) is 29.4. The van der Waals surface area contributed by atoms with Crippen molar-refractivity contribution >= 4 is 5.97 Å². The highest BCUT2D eigenvalue weighted by atomic mass is 16.8. The molecule has 1 spiro atoms. The summed E-state index contributed by atoms with van der Waals surface area (Å²) in [6, 6.07) is 0. The van der Waals surface area contributed by atoms with Gasteiger partial charge in [0.05, 0.1) is 13.2 Å². The molecule has 2 saturated heterocycles. The highest BCUT2D eigenvalue weighted by Gasteiger charge is 2.45. The van der Waals surface area contributed by atoms with Gasteiger partial charge in [-0.2, -0.15) is 0 Å². The lowest BCUT2D eigenvalue weighted by Gasteiger charge is -2.15. The van der Waals surface area contributed by atoms with Crippen LogP contribution in [0.3, 0.4) is 0 Å². The molecule has 2 rings (SSSR count). The molecule has 4 heteroatoms. The van der Waals surface area contributed by atoms with Crippen molar-refractivity contribution in [2.75, 3.05) is 19.8 Å². The molecule has 0 aromatic heterocycles. The zero-order valence-electron chi connectivity index (χ0n) is 5.46. The molecule has 0 aliphatic carbocycles. The molecule has 2 aliphatic heterocycles. The Morgan fingerprint density at radius 3 is 2.50 bits per heavy atom. The van der Waals surface area contributed by atoms with Gasteiger partial charge in [0.15, 0.2) is 0 Å². The van der Waals surface area contributed by atoms with Gasteiger partial charge in [-0.05, 0) is 0 Å². The predicted octanol–water partition coefficient (Wildman–Crippen LogP) is -0.324. The average molecular weight is 144 g/mol. The van der Waals surface area contributed by atoms with Crippen molar-refractivity contribution in [3.63, 3.8) is 0 Å². The highest BCUT2D eigenvalue weighted by molar-refractivity contribution is 5.72. The van der Waals surface area contributed by atoms with Gasteiger partial charge in [0, 0.05) is 0 Å². The zero-order valence-corrected chi connectivity index (χ0v) is 5.46. The molecule has 0 bridgehead atoms. The van der Waals surface area contributed by atoms with Crippen LogP contribution < -0.4 is 0 Å². The molecule has 56 valence electrons. The second-order valence-electron chi connectivity index (χ2n) is 2.45. The third-order valence-electron chi connectivity index (χ3n) is 1.68. The molecular weight excluding hydrogens is 136 g/mol. The lowest BCUT2D eigenvalue weighted by molar-refractivity contribution is -0.154. The molecule has 0 amide bonds. The predicted molar refractivity (Wildman–Crippen MR) is 30.2 cm³/mol. The minimum absolute atomic E-state index is 0.234. The average Bonchev–Trinajstić information content (AvgIpc) is 2.46. The first-order chi connectivity index (χ1) is 4.81. The monoisotopic (exact) mass is 144 g/mol. The van der Waals surface area contributed by atoms with E-state index in [2.05, 4.69) is 0 Å². The van der Waals surface area contributed by atoms with E-state index >= 15 is 0 Å². The van der Waals surface area contributed by atoms with Gasteiger partial charge >= 0.3 is 5.97 Å². The van der Waals surface area contributed by atoms with E-state index in [0.717, 1.165) is 0 Å². The van der Waals surface area contributed by atoms with Gasteiger partial charge in [-0.3, -0.25) is 4.79 Å². The highest BCUT2D eigenvalue weighted by Crippen LogP contribution is 2.28. The fraction of sp³-hybridized carbons (Fsp3) is 0.833. The van der Waals surface area contributed by atoms with Crippen molar-refractivity contribution in [1.29, 1.82) is 0 Å². The first kappa shape index (κ1) is 6.12. The Morgan fingerprint density at radius 1 is 1.30 bits per heavy atom. The number of hydrogen-bond donors (Lipinski definition) is 0. The number of ether oxygens (including phenoxy) is 3. The molecule has 0 radical (unpaired) electrons. The van der Waals surface area contributed by atoms with E-state index in [-0.39, 0.29) is 19.0 Å². The Labute approximate surface area is 58.1 Å². The minimum Gasteiger partial charge on any atom is -0.460 e. The molecule has 4 nitrogen and oxygen atoms in total. The van der Waals surface area contributed by atoms with Crippen molar-refractivity contribution in [3.05, 3.63) is 0 Å². The van der Waals surface area contributed by atoms with Crippen molar-refractivity contribution in [2.24, 2.45) is 0 Å². The van der Waals surface area contributed by atoms with Crippen LogP contribution in [0.1, 0.15) is 6.42 Å². The molecule has 0 unspecified atom stereocenters. The first-order valence-corrected chi connectivity index (χ1v) is 3.24. The Kier molecular flexibility index (Phi) is 1.18. The largest absolute Gasteiger partial charge is 0.460 e. The Bertz CT molecular complexity index is 159. The molecule has 0 saturated carbocycles. The molecule has 0 aromatic carbocycles. The van der Waals surface area contributed by atoms with Crippen molar-refractivity contribution in [3.8, 4) is 0 Å². The van der Waals surface area contributed by atoms with Crippen LogP contribution >= 0.6 is 0 Å². The van der Waals surface area contributed by atoms with E-state index in [4.69, 9.17) is 14.2 Å². The number of rotatable bonds is 0. The zero-order chi connectivity index (χ0) is 7.03. The minimum atomic E-state index is -0.711. The molecular formula is C6H8O4. The SMILES string of the molecule is O=C1CC2(CO1)OCCO2. The van der Waals surface area contributed by atoms with E-state index < -0.39 is 5.79 Å². The van der Waals surface area contributed by atoms with E-state index in [1.54, 1.807) is 0 Å². The summed E-state index contributed by atoms with van der Waals surface area (Å²) in [5.74, 6) is -0.946. The van der Waals surface area contributed by atoms with Crippen molar-refractivity contribution in [1.82, 2.24) is 0 Å². The Balaban J connectivity index is 2.09. The lowest BCUT2D eigenvalue weighted by atomic mass is 10.2. The number of hydrogen-bond acceptors (Lipinski definition) is 4. The van der Waals surface area contributed by atoms with Crippen LogP contribution in [-0.2, 0) is 19.0 Å². The van der Waals surface area contributed by atoms with E-state index in [1.165, 1.54) is 0 Å². The Hall–Kier alpha value is -0.610. The first-order valence-electron chi connectivity index (χ1n) is 3.24. The van der Waals surface area contributed by atoms with Gasteiger partial charge in [-0.1, -0.05) is 0 Å². The number of esters is 1. The van der Waals surface area contributed by atoms with Crippen LogP contribution in [0.25, 0.3) is 0 Å². The summed E-state index contributed by atoms with van der Waals surface area (Å²) in [4.78, 5) is 10.6. The van der Waals surface area contributed by atoms with Crippen LogP contribution in [0, 0.1) is 0 Å². The van der Waals surface area contributed by atoms with E-state index in [1.807, 2.05) is 0 Å². The van der Waals surface area contributed by atoms with Crippen molar-refractivity contribution < 1.29 is 19.0 Å². The maximum atomic E-state index is 10.6. The lowest BCUT2D eigenvalue weighted by Crippen LogP contribution is -2.30. The van der Waals surface area contributed by atoms with E-state index in [0.29, 0.717) is 13.2 Å². The summed E-state index contributed by atoms with van der Waals surface area (Å²) in [6.45, 7) is 1.39. The van der Waals surface area contributed by atoms with Crippen LogP contribution in [0.5, 0.6) is 0 Å². The van der Waals surface area contributed by atoms with Crippen molar-refractivity contribution in [2.45, 2.75) is 12.2 Å². The third kappa shape index (κ3) is 0.803.